The standard InChI is InChI=1S/C30H37F3N2O3S2/c1-20(2)34(3)25-8-13-28(23(17-25)19-40(37,38)27-11-9-26(39-4)10-12-27)35-15-14-22(18-29(35)36)21-6-5-7-24(16-21)30(31,32)33/h5-7,9-12,16,18,20,23,25,28H,8,13-15,17,19H2,1-4H3/t23-,25+,28-/m0/s1. The first-order valence-electron chi connectivity index (χ1n) is 13.6. The Balaban J connectivity index is 1.59. The Kier molecular flexibility index (Phi) is 9.42. The highest BCUT2D eigenvalue weighted by atomic mass is 32.2. The van der Waals surface area contributed by atoms with Crippen LogP contribution in [-0.2, 0) is 20.8 Å². The fourth-order valence-corrected chi connectivity index (χ4v) is 7.95. The van der Waals surface area contributed by atoms with Gasteiger partial charge in [0.2, 0.25) is 5.91 Å². The molecule has 10 heteroatoms. The molecule has 4 rings (SSSR count). The molecule has 40 heavy (non-hydrogen) atoms. The number of alkyl halides is 3. The van der Waals surface area contributed by atoms with Gasteiger partial charge < -0.3 is 9.80 Å². The lowest BCUT2D eigenvalue weighted by Crippen LogP contribution is -2.53. The minimum absolute atomic E-state index is 0.0628. The van der Waals surface area contributed by atoms with Crippen molar-refractivity contribution in [3.05, 3.63) is 65.7 Å². The maximum Gasteiger partial charge on any atom is 0.416 e. The van der Waals surface area contributed by atoms with E-state index in [2.05, 4.69) is 25.8 Å². The SMILES string of the molecule is CSc1ccc(S(=O)(=O)C[C@@H]2C[C@H](N(C)C(C)C)CC[C@@H]2N2CCC(c3cccc(C(F)(F)F)c3)=CC2=O)cc1. The van der Waals surface area contributed by atoms with E-state index in [4.69, 9.17) is 0 Å². The maximum atomic E-state index is 13.5. The van der Waals surface area contributed by atoms with Crippen LogP contribution in [0.15, 0.2) is 64.4 Å². The molecule has 0 unspecified atom stereocenters. The molecule has 0 saturated heterocycles. The Morgan fingerprint density at radius 1 is 1.10 bits per heavy atom. The number of thioether (sulfide) groups is 1. The zero-order chi connectivity index (χ0) is 29.2. The normalized spacial score (nSPS) is 22.6. The van der Waals surface area contributed by atoms with Crippen molar-refractivity contribution >= 4 is 33.1 Å². The number of carbonyl (C=O) groups is 1. The summed E-state index contributed by atoms with van der Waals surface area (Å²) in [7, 11) is -1.55. The fourth-order valence-electron chi connectivity index (χ4n) is 5.87. The molecule has 0 aromatic heterocycles. The lowest BCUT2D eigenvalue weighted by atomic mass is 9.80. The molecule has 2 aromatic rings. The summed E-state index contributed by atoms with van der Waals surface area (Å²) in [4.78, 5) is 18.7. The van der Waals surface area contributed by atoms with E-state index in [1.165, 1.54) is 12.1 Å². The average Bonchev–Trinajstić information content (AvgIpc) is 2.92. The van der Waals surface area contributed by atoms with Crippen molar-refractivity contribution in [1.29, 1.82) is 0 Å². The number of halogens is 3. The minimum Gasteiger partial charge on any atom is -0.336 e. The van der Waals surface area contributed by atoms with E-state index in [-0.39, 0.29) is 34.6 Å². The van der Waals surface area contributed by atoms with Crippen LogP contribution in [0.2, 0.25) is 0 Å². The number of benzene rings is 2. The summed E-state index contributed by atoms with van der Waals surface area (Å²) in [5.41, 5.74) is 0.209. The lowest BCUT2D eigenvalue weighted by molar-refractivity contribution is -0.137. The second kappa shape index (κ2) is 12.3. The van der Waals surface area contributed by atoms with Gasteiger partial charge in [-0.25, -0.2) is 8.42 Å². The topological polar surface area (TPSA) is 57.7 Å². The van der Waals surface area contributed by atoms with Crippen molar-refractivity contribution in [2.24, 2.45) is 5.92 Å². The molecule has 2 aromatic carbocycles. The van der Waals surface area contributed by atoms with Crippen molar-refractivity contribution < 1.29 is 26.4 Å². The molecule has 1 aliphatic heterocycles. The van der Waals surface area contributed by atoms with Gasteiger partial charge >= 0.3 is 6.18 Å². The van der Waals surface area contributed by atoms with E-state index in [0.29, 0.717) is 43.0 Å². The zero-order valence-electron chi connectivity index (χ0n) is 23.3. The van der Waals surface area contributed by atoms with Crippen molar-refractivity contribution in [1.82, 2.24) is 9.80 Å². The fraction of sp³-hybridized carbons (Fsp3) is 0.500. The Bertz CT molecular complexity index is 1340. The molecule has 2 aliphatic rings. The molecule has 1 heterocycles. The molecule has 1 fully saturated rings. The Labute approximate surface area is 239 Å². The molecule has 218 valence electrons. The maximum absolute atomic E-state index is 13.5. The molecule has 0 radical (unpaired) electrons. The van der Waals surface area contributed by atoms with E-state index in [0.717, 1.165) is 23.4 Å². The number of hydrogen-bond donors (Lipinski definition) is 0. The van der Waals surface area contributed by atoms with Gasteiger partial charge in [0, 0.05) is 35.6 Å². The van der Waals surface area contributed by atoms with E-state index in [9.17, 15) is 26.4 Å². The first-order chi connectivity index (χ1) is 18.8. The third kappa shape index (κ3) is 6.94. The van der Waals surface area contributed by atoms with Crippen molar-refractivity contribution in [2.75, 3.05) is 25.6 Å². The van der Waals surface area contributed by atoms with E-state index in [1.807, 2.05) is 6.26 Å². The van der Waals surface area contributed by atoms with Crippen LogP contribution in [0.5, 0.6) is 0 Å². The molecule has 0 spiro atoms. The molecule has 0 bridgehead atoms. The summed E-state index contributed by atoms with van der Waals surface area (Å²) < 4.78 is 66.8. The highest BCUT2D eigenvalue weighted by molar-refractivity contribution is 7.98. The monoisotopic (exact) mass is 594 g/mol. The second-order valence-electron chi connectivity index (χ2n) is 11.0. The van der Waals surface area contributed by atoms with Crippen LogP contribution in [-0.4, -0.2) is 67.9 Å². The first kappa shape index (κ1) is 30.7. The summed E-state index contributed by atoms with van der Waals surface area (Å²) in [5, 5.41) is 0. The van der Waals surface area contributed by atoms with Crippen LogP contribution in [0.1, 0.15) is 50.7 Å². The predicted octanol–water partition coefficient (Wildman–Crippen LogP) is 6.39. The smallest absolute Gasteiger partial charge is 0.336 e. The number of sulfone groups is 1. The van der Waals surface area contributed by atoms with E-state index < -0.39 is 21.6 Å². The molecule has 0 N–H and O–H groups in total. The van der Waals surface area contributed by atoms with Crippen LogP contribution in [0, 0.1) is 5.92 Å². The summed E-state index contributed by atoms with van der Waals surface area (Å²) >= 11 is 1.54. The second-order valence-corrected chi connectivity index (χ2v) is 14.0. The van der Waals surface area contributed by atoms with Gasteiger partial charge in [0.15, 0.2) is 9.84 Å². The van der Waals surface area contributed by atoms with Gasteiger partial charge in [0.05, 0.1) is 16.2 Å². The zero-order valence-corrected chi connectivity index (χ0v) is 25.0. The first-order valence-corrected chi connectivity index (χ1v) is 16.5. The van der Waals surface area contributed by atoms with Gasteiger partial charge in [0.25, 0.3) is 0 Å². The minimum atomic E-state index is -4.46. The van der Waals surface area contributed by atoms with Crippen molar-refractivity contribution in [3.63, 3.8) is 0 Å². The number of amides is 1. The largest absolute Gasteiger partial charge is 0.416 e. The molecular weight excluding hydrogens is 557 g/mol. The van der Waals surface area contributed by atoms with Gasteiger partial charge in [-0.3, -0.25) is 4.79 Å². The van der Waals surface area contributed by atoms with Gasteiger partial charge in [-0.05, 0) is 106 Å². The predicted molar refractivity (Wildman–Crippen MR) is 154 cm³/mol. The summed E-state index contributed by atoms with van der Waals surface area (Å²) in [6.07, 6.45) is 1.47. The van der Waals surface area contributed by atoms with Crippen LogP contribution < -0.4 is 0 Å². The summed E-state index contributed by atoms with van der Waals surface area (Å²) in [5.74, 6) is -0.601. The Morgan fingerprint density at radius 2 is 1.80 bits per heavy atom. The van der Waals surface area contributed by atoms with E-state index in [1.54, 1.807) is 47.0 Å². The molecule has 1 aliphatic carbocycles. The van der Waals surface area contributed by atoms with Crippen molar-refractivity contribution in [2.45, 2.75) is 73.6 Å². The highest BCUT2D eigenvalue weighted by Gasteiger charge is 2.41. The molecular formula is C30H37F3N2O3S2. The third-order valence-electron chi connectivity index (χ3n) is 8.32. The highest BCUT2D eigenvalue weighted by Crippen LogP contribution is 2.37. The molecule has 1 saturated carbocycles. The number of nitrogens with zero attached hydrogens (tertiary/aromatic N) is 2. The van der Waals surface area contributed by atoms with Crippen LogP contribution in [0.3, 0.4) is 0 Å². The average molecular weight is 595 g/mol. The number of carbonyl (C=O) groups excluding carboxylic acids is 1. The Hall–Kier alpha value is -2.30. The van der Waals surface area contributed by atoms with Crippen LogP contribution in [0.4, 0.5) is 13.2 Å². The van der Waals surface area contributed by atoms with Gasteiger partial charge in [-0.2, -0.15) is 13.2 Å². The number of hydrogen-bond acceptors (Lipinski definition) is 5. The van der Waals surface area contributed by atoms with Gasteiger partial charge in [-0.1, -0.05) is 12.1 Å². The molecule has 3 atom stereocenters. The quantitative estimate of drug-likeness (QED) is 0.332. The third-order valence-corrected chi connectivity index (χ3v) is 10.9. The van der Waals surface area contributed by atoms with Crippen LogP contribution >= 0.6 is 11.8 Å². The number of rotatable bonds is 8. The summed E-state index contributed by atoms with van der Waals surface area (Å²) in [6, 6.07) is 12.2. The Morgan fingerprint density at radius 3 is 2.40 bits per heavy atom. The van der Waals surface area contributed by atoms with Crippen LogP contribution in [0.25, 0.3) is 5.57 Å². The molecule has 1 amide bonds. The molecule has 5 nitrogen and oxygen atoms in total. The lowest BCUT2D eigenvalue weighted by Gasteiger charge is -2.46. The van der Waals surface area contributed by atoms with Gasteiger partial charge in [0.1, 0.15) is 0 Å². The van der Waals surface area contributed by atoms with Crippen molar-refractivity contribution in [3.8, 4) is 0 Å². The van der Waals surface area contributed by atoms with E-state index >= 15 is 0 Å². The summed E-state index contributed by atoms with van der Waals surface area (Å²) in [6.45, 7) is 4.56. The van der Waals surface area contributed by atoms with Gasteiger partial charge in [-0.15, -0.1) is 11.8 Å².